The smallest absolute Gasteiger partial charge is 0.293 e. The van der Waals surface area contributed by atoms with E-state index >= 15 is 0 Å². The minimum absolute atomic E-state index is 0.0415. The molecule has 0 aliphatic carbocycles. The van der Waals surface area contributed by atoms with Crippen LogP contribution in [0.3, 0.4) is 0 Å². The van der Waals surface area contributed by atoms with Crippen LogP contribution in [0.25, 0.3) is 22.3 Å². The number of aromatic nitrogens is 2. The van der Waals surface area contributed by atoms with Gasteiger partial charge in [-0.2, -0.15) is 0 Å². The first-order chi connectivity index (χ1) is 15.1. The summed E-state index contributed by atoms with van der Waals surface area (Å²) in [5, 5.41) is 17.7. The third-order valence-electron chi connectivity index (χ3n) is 4.44. The molecule has 3 aromatic rings. The van der Waals surface area contributed by atoms with Crippen molar-refractivity contribution in [1.29, 1.82) is 0 Å². The average Bonchev–Trinajstić information content (AvgIpc) is 3.31. The number of ether oxygens (including phenoxy) is 1. The van der Waals surface area contributed by atoms with Crippen LogP contribution in [-0.2, 0) is 9.53 Å². The third-order valence-corrected chi connectivity index (χ3v) is 4.44. The number of halogens is 1. The zero-order chi connectivity index (χ0) is 22.6. The number of anilines is 1. The summed E-state index contributed by atoms with van der Waals surface area (Å²) in [6.07, 6.45) is 1.01. The van der Waals surface area contributed by atoms with Gasteiger partial charge in [0.2, 0.25) is 0 Å². The first-order valence-electron chi connectivity index (χ1n) is 10.4. The highest BCUT2D eigenvalue weighted by molar-refractivity contribution is 5.91. The third kappa shape index (κ3) is 6.62. The van der Waals surface area contributed by atoms with Crippen molar-refractivity contribution in [1.82, 2.24) is 15.3 Å². The van der Waals surface area contributed by atoms with Gasteiger partial charge in [0.05, 0.1) is 17.7 Å². The molecule has 0 radical (unpaired) electrons. The Kier molecular flexibility index (Phi) is 9.64. The number of carbonyl (C=O) groups is 1. The van der Waals surface area contributed by atoms with Crippen molar-refractivity contribution in [2.45, 2.75) is 33.2 Å². The molecule has 2 heterocycles. The van der Waals surface area contributed by atoms with Crippen molar-refractivity contribution in [3.05, 3.63) is 48.3 Å². The molecule has 1 atom stereocenters. The van der Waals surface area contributed by atoms with Crippen molar-refractivity contribution in [2.75, 3.05) is 25.0 Å². The van der Waals surface area contributed by atoms with Crippen LogP contribution in [-0.4, -0.2) is 47.3 Å². The van der Waals surface area contributed by atoms with E-state index in [-0.39, 0.29) is 17.4 Å². The second-order valence-electron chi connectivity index (χ2n) is 6.46. The van der Waals surface area contributed by atoms with E-state index in [1.54, 1.807) is 6.92 Å². The summed E-state index contributed by atoms with van der Waals surface area (Å²) in [6, 6.07) is 11.7. The minimum Gasteiger partial charge on any atom is -0.507 e. The van der Waals surface area contributed by atoms with Gasteiger partial charge >= 0.3 is 0 Å². The summed E-state index contributed by atoms with van der Waals surface area (Å²) in [4.78, 5) is 18.2. The lowest BCUT2D eigenvalue weighted by atomic mass is 10.1. The molecule has 0 bridgehead atoms. The molecule has 4 rings (SSSR count). The molecule has 1 aliphatic heterocycles. The fraction of sp³-hybridized carbons (Fsp3) is 0.348. The van der Waals surface area contributed by atoms with E-state index in [1.807, 2.05) is 38.1 Å². The molecule has 1 aromatic heterocycles. The number of aromatic hydroxyl groups is 1. The van der Waals surface area contributed by atoms with Crippen LogP contribution in [0.5, 0.6) is 5.75 Å². The predicted molar refractivity (Wildman–Crippen MR) is 121 cm³/mol. The molecule has 0 spiro atoms. The summed E-state index contributed by atoms with van der Waals surface area (Å²) in [7, 11) is 0. The largest absolute Gasteiger partial charge is 0.507 e. The van der Waals surface area contributed by atoms with Crippen LogP contribution >= 0.6 is 0 Å². The predicted octanol–water partition coefficient (Wildman–Crippen LogP) is 4.12. The van der Waals surface area contributed by atoms with Gasteiger partial charge in [-0.15, -0.1) is 0 Å². The summed E-state index contributed by atoms with van der Waals surface area (Å²) < 4.78 is 17.7. The van der Waals surface area contributed by atoms with Gasteiger partial charge in [-0.1, -0.05) is 26.0 Å². The number of phenolic OH excluding ortho intramolecular Hbond substituents is 1. The van der Waals surface area contributed by atoms with Crippen LogP contribution in [0.4, 0.5) is 10.2 Å². The molecule has 8 heteroatoms. The lowest BCUT2D eigenvalue weighted by Gasteiger charge is -2.15. The maximum Gasteiger partial charge on any atom is 0.293 e. The monoisotopic (exact) mass is 428 g/mol. The first-order valence-corrected chi connectivity index (χ1v) is 10.4. The summed E-state index contributed by atoms with van der Waals surface area (Å²) in [5.41, 5.74) is 1.04. The Morgan fingerprint density at radius 2 is 2.03 bits per heavy atom. The molecule has 1 unspecified atom stereocenters. The van der Waals surface area contributed by atoms with E-state index in [2.05, 4.69) is 25.3 Å². The fourth-order valence-electron chi connectivity index (χ4n) is 3.03. The molecular formula is C23H29FN4O3. The highest BCUT2D eigenvalue weighted by Crippen LogP contribution is 2.31. The van der Waals surface area contributed by atoms with Crippen LogP contribution in [0.1, 0.15) is 27.2 Å². The van der Waals surface area contributed by atoms with Gasteiger partial charge in [0.15, 0.2) is 5.82 Å². The second kappa shape index (κ2) is 12.4. The van der Waals surface area contributed by atoms with Gasteiger partial charge < -0.3 is 20.5 Å². The second-order valence-corrected chi connectivity index (χ2v) is 6.46. The molecule has 1 saturated heterocycles. The molecule has 1 aliphatic rings. The van der Waals surface area contributed by atoms with E-state index in [4.69, 9.17) is 0 Å². The van der Waals surface area contributed by atoms with Crippen LogP contribution < -0.4 is 10.6 Å². The zero-order valence-electron chi connectivity index (χ0n) is 18.1. The SMILES string of the molecule is CC.CCOC=O.Oc1ccc(F)cc1-c1nc(NC2CCNC2)c2ccccc2n1. The Labute approximate surface area is 181 Å². The van der Waals surface area contributed by atoms with E-state index in [0.717, 1.165) is 30.4 Å². The lowest BCUT2D eigenvalue weighted by molar-refractivity contribution is -0.128. The maximum absolute atomic E-state index is 13.6. The normalized spacial score (nSPS) is 14.6. The molecule has 2 aromatic carbocycles. The number of rotatable bonds is 5. The van der Waals surface area contributed by atoms with Gasteiger partial charge in [-0.3, -0.25) is 4.79 Å². The van der Waals surface area contributed by atoms with Crippen molar-refractivity contribution in [3.63, 3.8) is 0 Å². The van der Waals surface area contributed by atoms with Gasteiger partial charge in [-0.05, 0) is 50.2 Å². The maximum atomic E-state index is 13.6. The number of para-hydroxylation sites is 1. The highest BCUT2D eigenvalue weighted by Gasteiger charge is 2.18. The Balaban J connectivity index is 0.000000432. The average molecular weight is 429 g/mol. The quantitative estimate of drug-likeness (QED) is 0.526. The van der Waals surface area contributed by atoms with E-state index in [9.17, 15) is 14.3 Å². The Morgan fingerprint density at radius 1 is 1.26 bits per heavy atom. The van der Waals surface area contributed by atoms with E-state index in [0.29, 0.717) is 24.7 Å². The number of nitrogens with one attached hydrogen (secondary N) is 2. The Hall–Kier alpha value is -3.26. The molecular weight excluding hydrogens is 399 g/mol. The summed E-state index contributed by atoms with van der Waals surface area (Å²) in [5.74, 6) is 0.529. The molecule has 0 saturated carbocycles. The van der Waals surface area contributed by atoms with E-state index in [1.165, 1.54) is 18.2 Å². The lowest BCUT2D eigenvalue weighted by Crippen LogP contribution is -2.23. The standard InChI is InChI=1S/C18H17FN4O.C3H6O2.C2H6/c19-11-5-6-16(24)14(9-11)18-22-15-4-2-1-3-13(15)17(23-18)21-12-7-8-20-10-12;1-2-5-3-4;1-2/h1-6,9,12,20,24H,7-8,10H2,(H,21,22,23);3H,2H2,1H3;1-2H3. The van der Waals surface area contributed by atoms with Gasteiger partial charge in [0, 0.05) is 18.0 Å². The number of nitrogens with zero attached hydrogens (tertiary/aromatic N) is 2. The van der Waals surface area contributed by atoms with Crippen molar-refractivity contribution < 1.29 is 19.0 Å². The minimum atomic E-state index is -0.436. The Bertz CT molecular complexity index is 978. The number of hydrogen-bond donors (Lipinski definition) is 3. The fourth-order valence-corrected chi connectivity index (χ4v) is 3.03. The van der Waals surface area contributed by atoms with Crippen LogP contribution in [0.15, 0.2) is 42.5 Å². The molecule has 7 nitrogen and oxygen atoms in total. The molecule has 1 fully saturated rings. The van der Waals surface area contributed by atoms with Crippen molar-refractivity contribution >= 4 is 23.2 Å². The molecule has 0 amide bonds. The molecule has 166 valence electrons. The Morgan fingerprint density at radius 3 is 2.68 bits per heavy atom. The summed E-state index contributed by atoms with van der Waals surface area (Å²) in [6.45, 7) is 8.51. The molecule has 31 heavy (non-hydrogen) atoms. The highest BCUT2D eigenvalue weighted by atomic mass is 19.1. The van der Waals surface area contributed by atoms with Gasteiger partial charge in [0.1, 0.15) is 17.4 Å². The number of benzene rings is 2. The number of carbonyl (C=O) groups excluding carboxylic acids is 1. The molecule has 3 N–H and O–H groups in total. The number of fused-ring (bicyclic) bond motifs is 1. The van der Waals surface area contributed by atoms with Crippen LogP contribution in [0, 0.1) is 5.82 Å². The summed E-state index contributed by atoms with van der Waals surface area (Å²) >= 11 is 0. The topological polar surface area (TPSA) is 96.4 Å². The van der Waals surface area contributed by atoms with Crippen LogP contribution in [0.2, 0.25) is 0 Å². The van der Waals surface area contributed by atoms with E-state index < -0.39 is 5.82 Å². The number of phenols is 1. The number of hydrogen-bond acceptors (Lipinski definition) is 7. The van der Waals surface area contributed by atoms with Gasteiger partial charge in [0.25, 0.3) is 6.47 Å². The zero-order valence-corrected chi connectivity index (χ0v) is 18.1. The van der Waals surface area contributed by atoms with Gasteiger partial charge in [-0.25, -0.2) is 14.4 Å². The van der Waals surface area contributed by atoms with Crippen molar-refractivity contribution in [2.24, 2.45) is 0 Å². The first kappa shape index (κ1) is 24.0. The van der Waals surface area contributed by atoms with Crippen molar-refractivity contribution in [3.8, 4) is 17.1 Å².